The van der Waals surface area contributed by atoms with E-state index in [2.05, 4.69) is 61.6 Å². The third-order valence-corrected chi connectivity index (χ3v) is 3.78. The summed E-state index contributed by atoms with van der Waals surface area (Å²) < 4.78 is 4.07. The molecular formula is C18H21BrN4Pt. The number of halogens is 1. The number of aromatic nitrogens is 4. The summed E-state index contributed by atoms with van der Waals surface area (Å²) in [6.07, 6.45) is 0. The normalized spacial score (nSPS) is 10.5. The van der Waals surface area contributed by atoms with Crippen molar-refractivity contribution in [2.24, 2.45) is 0 Å². The summed E-state index contributed by atoms with van der Waals surface area (Å²) in [4.78, 5) is 0. The second kappa shape index (κ2) is 8.77. The van der Waals surface area contributed by atoms with Crippen molar-refractivity contribution in [3.05, 3.63) is 70.3 Å². The average molecular weight is 568 g/mol. The van der Waals surface area contributed by atoms with E-state index in [1.54, 1.807) is 0 Å². The molecule has 0 aliphatic heterocycles. The predicted molar refractivity (Wildman–Crippen MR) is 95.8 cm³/mol. The van der Waals surface area contributed by atoms with Crippen LogP contribution in [0.1, 0.15) is 33.9 Å². The third kappa shape index (κ3) is 4.90. The first-order valence-corrected chi connectivity index (χ1v) is 12.6. The van der Waals surface area contributed by atoms with Crippen molar-refractivity contribution >= 4 is 13.3 Å². The summed E-state index contributed by atoms with van der Waals surface area (Å²) in [5.41, 5.74) is 6.90. The molecule has 24 heavy (non-hydrogen) atoms. The van der Waals surface area contributed by atoms with Crippen LogP contribution in [0.4, 0.5) is 0 Å². The summed E-state index contributed by atoms with van der Waals surface area (Å²) >= 11 is 4.86. The molecule has 3 aromatic rings. The van der Waals surface area contributed by atoms with Gasteiger partial charge in [-0.2, -0.15) is 34.5 Å². The second-order valence-electron chi connectivity index (χ2n) is 5.92. The molecule has 3 rings (SSSR count). The monoisotopic (exact) mass is 567 g/mol. The average Bonchev–Trinajstić information content (AvgIpc) is 3.02. The van der Waals surface area contributed by atoms with Crippen LogP contribution in [0, 0.1) is 33.8 Å². The van der Waals surface area contributed by atoms with Crippen molar-refractivity contribution < 1.29 is 17.8 Å². The molecule has 0 bridgehead atoms. The Balaban J connectivity index is 0.00000100. The Bertz CT molecular complexity index is 744. The molecule has 4 nitrogen and oxygen atoms in total. The van der Waals surface area contributed by atoms with Gasteiger partial charge in [0.05, 0.1) is 11.4 Å². The molecule has 0 amide bonds. The maximum absolute atomic E-state index is 4.52. The van der Waals surface area contributed by atoms with Crippen LogP contribution in [0.3, 0.4) is 0 Å². The number of rotatable bonds is 4. The first kappa shape index (κ1) is 19.1. The maximum atomic E-state index is 4.52. The summed E-state index contributed by atoms with van der Waals surface area (Å²) in [6.45, 7) is 9.78. The zero-order valence-corrected chi connectivity index (χ0v) is 18.1. The quantitative estimate of drug-likeness (QED) is 0.446. The summed E-state index contributed by atoms with van der Waals surface area (Å²) in [6, 6.07) is 13.7. The Kier molecular flexibility index (Phi) is 7.00. The molecule has 2 heterocycles. The molecule has 0 saturated carbocycles. The van der Waals surface area contributed by atoms with Gasteiger partial charge in [-0.25, -0.2) is 0 Å². The van der Waals surface area contributed by atoms with Gasteiger partial charge in [0, 0.05) is 24.5 Å². The van der Waals surface area contributed by atoms with Crippen LogP contribution in [0.15, 0.2) is 30.3 Å². The van der Waals surface area contributed by atoms with Gasteiger partial charge in [0.25, 0.3) is 0 Å². The fourth-order valence-corrected chi connectivity index (χ4v) is 2.78. The van der Waals surface area contributed by atoms with Crippen molar-refractivity contribution in [1.82, 2.24) is 19.6 Å². The number of nitrogens with zero attached hydrogens (tertiary/aromatic N) is 4. The van der Waals surface area contributed by atoms with E-state index < -0.39 is 0 Å². The fraction of sp³-hybridized carbons (Fsp3) is 0.333. The number of hydrogen-bond donors (Lipinski definition) is 0. The van der Waals surface area contributed by atoms with E-state index in [-0.39, 0.29) is 0 Å². The molecule has 0 saturated heterocycles. The molecule has 0 unspecified atom stereocenters. The second-order valence-corrected chi connectivity index (χ2v) is 5.92. The predicted octanol–water partition coefficient (Wildman–Crippen LogP) is 4.05. The van der Waals surface area contributed by atoms with Crippen LogP contribution in [0.5, 0.6) is 0 Å². The van der Waals surface area contributed by atoms with Gasteiger partial charge in [-0.15, -0.1) is 11.1 Å². The van der Waals surface area contributed by atoms with Crippen molar-refractivity contribution in [3.8, 4) is 0 Å². The number of benzene rings is 1. The van der Waals surface area contributed by atoms with Gasteiger partial charge in [0.2, 0.25) is 0 Å². The van der Waals surface area contributed by atoms with Gasteiger partial charge in [0.1, 0.15) is 0 Å². The van der Waals surface area contributed by atoms with Gasteiger partial charge in [-0.05, 0) is 39.8 Å². The van der Waals surface area contributed by atoms with Crippen LogP contribution in [-0.4, -0.2) is 19.6 Å². The molecule has 1 aromatic carbocycles. The van der Waals surface area contributed by atoms with Gasteiger partial charge in [0.15, 0.2) is 0 Å². The van der Waals surface area contributed by atoms with Crippen LogP contribution in [-0.2, 0) is 30.8 Å². The van der Waals surface area contributed by atoms with E-state index >= 15 is 0 Å². The SMILES string of the molecule is Cc1cc(C)n(Cc2c[c-]cc(Cn3nc(C)cc3C)c2)n1.[Br][Pt+]. The number of aryl methyl sites for hydroxylation is 4. The molecule has 130 valence electrons. The van der Waals surface area contributed by atoms with Crippen molar-refractivity contribution in [3.63, 3.8) is 0 Å². The minimum absolute atomic E-state index is 0.779. The van der Waals surface area contributed by atoms with Gasteiger partial charge < -0.3 is 0 Å². The topological polar surface area (TPSA) is 35.6 Å². The van der Waals surface area contributed by atoms with Crippen molar-refractivity contribution in [2.75, 3.05) is 0 Å². The first-order valence-electron chi connectivity index (χ1n) is 7.64. The Hall–Kier alpha value is -1.19. The van der Waals surface area contributed by atoms with Crippen molar-refractivity contribution in [2.45, 2.75) is 40.8 Å². The Labute approximate surface area is 161 Å². The molecule has 0 aliphatic carbocycles. The van der Waals surface area contributed by atoms with Gasteiger partial charge in [-0.3, -0.25) is 9.36 Å². The molecule has 0 fully saturated rings. The van der Waals surface area contributed by atoms with Gasteiger partial charge in [-0.1, -0.05) is 0 Å². The third-order valence-electron chi connectivity index (χ3n) is 3.78. The standard InChI is InChI=1S/C18H21N4.BrH.Pt/c1-13-8-15(3)21(19-13)11-17-6-5-7-18(10-17)12-22-16(4)9-14(2)20-22;;/h6-10H,11-12H2,1-4H3;1H;/q-1;;+2/p-1. The molecule has 0 spiro atoms. The first-order chi connectivity index (χ1) is 11.5. The minimum atomic E-state index is 0.779. The molecular weight excluding hydrogens is 547 g/mol. The molecule has 0 radical (unpaired) electrons. The number of hydrogen-bond acceptors (Lipinski definition) is 2. The van der Waals surface area contributed by atoms with E-state index in [0.29, 0.717) is 0 Å². The van der Waals surface area contributed by atoms with E-state index in [0.717, 1.165) is 24.5 Å². The Morgan fingerprint density at radius 1 is 0.833 bits per heavy atom. The summed E-state index contributed by atoms with van der Waals surface area (Å²) in [5.74, 6) is 0. The van der Waals surface area contributed by atoms with Crippen LogP contribution >= 0.6 is 13.3 Å². The van der Waals surface area contributed by atoms with E-state index in [1.807, 2.05) is 53.1 Å². The molecule has 6 heteroatoms. The van der Waals surface area contributed by atoms with Crippen LogP contribution < -0.4 is 0 Å². The van der Waals surface area contributed by atoms with Crippen molar-refractivity contribution in [1.29, 1.82) is 0 Å². The molecule has 2 aromatic heterocycles. The van der Waals surface area contributed by atoms with Crippen LogP contribution in [0.2, 0.25) is 0 Å². The Morgan fingerprint density at radius 3 is 1.58 bits per heavy atom. The zero-order chi connectivity index (χ0) is 17.7. The van der Waals surface area contributed by atoms with E-state index in [9.17, 15) is 0 Å². The van der Waals surface area contributed by atoms with Crippen LogP contribution in [0.25, 0.3) is 0 Å². The van der Waals surface area contributed by atoms with E-state index in [4.69, 9.17) is 0 Å². The van der Waals surface area contributed by atoms with Gasteiger partial charge >= 0.3 is 31.1 Å². The zero-order valence-electron chi connectivity index (χ0n) is 14.3. The summed E-state index contributed by atoms with van der Waals surface area (Å²) in [5, 5.41) is 9.04. The summed E-state index contributed by atoms with van der Waals surface area (Å²) in [7, 11) is 0. The fourth-order valence-electron chi connectivity index (χ4n) is 2.78. The molecule has 0 aliphatic rings. The Morgan fingerprint density at radius 2 is 1.25 bits per heavy atom. The molecule has 0 atom stereocenters. The van der Waals surface area contributed by atoms with E-state index in [1.165, 1.54) is 22.5 Å². The molecule has 0 N–H and O–H groups in total.